The van der Waals surface area contributed by atoms with E-state index in [2.05, 4.69) is 4.98 Å². The highest BCUT2D eigenvalue weighted by Gasteiger charge is 2.11. The van der Waals surface area contributed by atoms with Crippen molar-refractivity contribution < 1.29 is 9.90 Å². The first-order chi connectivity index (χ1) is 9.61. The Bertz CT molecular complexity index is 759. The molecule has 0 aliphatic rings. The van der Waals surface area contributed by atoms with Crippen molar-refractivity contribution >= 4 is 51.6 Å². The van der Waals surface area contributed by atoms with E-state index in [9.17, 15) is 4.79 Å². The molecule has 3 rings (SSSR count). The Hall–Kier alpha value is -1.21. The van der Waals surface area contributed by atoms with Crippen LogP contribution in [0, 0.1) is 0 Å². The van der Waals surface area contributed by atoms with Crippen molar-refractivity contribution in [3.63, 3.8) is 0 Å². The van der Waals surface area contributed by atoms with Gasteiger partial charge in [0.05, 0.1) is 26.9 Å². The van der Waals surface area contributed by atoms with Crippen LogP contribution in [0.5, 0.6) is 0 Å². The molecule has 102 valence electrons. The maximum absolute atomic E-state index is 10.7. The van der Waals surface area contributed by atoms with Gasteiger partial charge in [-0.15, -0.1) is 34.0 Å². The van der Waals surface area contributed by atoms with Crippen molar-refractivity contribution in [2.75, 3.05) is 0 Å². The molecule has 3 aromatic heterocycles. The first kappa shape index (κ1) is 13.8. The molecule has 0 unspecified atom stereocenters. The predicted molar refractivity (Wildman–Crippen MR) is 85.1 cm³/mol. The highest BCUT2D eigenvalue weighted by Crippen LogP contribution is 2.36. The predicted octanol–water partition coefficient (Wildman–Crippen LogP) is 4.88. The van der Waals surface area contributed by atoms with E-state index in [0.29, 0.717) is 0 Å². The smallest absolute Gasteiger partial charge is 0.308 e. The Morgan fingerprint density at radius 2 is 2.10 bits per heavy atom. The Morgan fingerprint density at radius 1 is 1.25 bits per heavy atom. The zero-order valence-corrected chi connectivity index (χ0v) is 13.2. The number of aromatic nitrogens is 1. The van der Waals surface area contributed by atoms with Gasteiger partial charge in [-0.3, -0.25) is 4.79 Å². The average molecular weight is 342 g/mol. The van der Waals surface area contributed by atoms with E-state index < -0.39 is 5.97 Å². The highest BCUT2D eigenvalue weighted by molar-refractivity contribution is 7.21. The minimum Gasteiger partial charge on any atom is -0.481 e. The Labute approximate surface area is 132 Å². The maximum Gasteiger partial charge on any atom is 0.308 e. The molecule has 7 heteroatoms. The summed E-state index contributed by atoms with van der Waals surface area (Å²) < 4.78 is 0. The van der Waals surface area contributed by atoms with E-state index in [1.54, 1.807) is 22.7 Å². The average Bonchev–Trinajstić information content (AvgIpc) is 3.06. The molecule has 1 N–H and O–H groups in total. The molecule has 3 nitrogen and oxygen atoms in total. The van der Waals surface area contributed by atoms with E-state index in [0.717, 1.165) is 30.4 Å². The fraction of sp³-hybridized carbons (Fsp3) is 0.0769. The number of hydrogen-bond donors (Lipinski definition) is 1. The number of nitrogens with zero attached hydrogens (tertiary/aromatic N) is 1. The second kappa shape index (κ2) is 5.65. The molecule has 0 bridgehead atoms. The number of carboxylic acids is 1. The van der Waals surface area contributed by atoms with Crippen molar-refractivity contribution in [1.82, 2.24) is 4.98 Å². The van der Waals surface area contributed by atoms with Crippen molar-refractivity contribution in [2.45, 2.75) is 6.42 Å². The molecule has 0 aliphatic heterocycles. The van der Waals surface area contributed by atoms with Crippen LogP contribution in [0.25, 0.3) is 20.5 Å². The second-order valence-electron chi connectivity index (χ2n) is 4.00. The summed E-state index contributed by atoms with van der Waals surface area (Å²) in [5.74, 6) is -0.814. The molecule has 20 heavy (non-hydrogen) atoms. The van der Waals surface area contributed by atoms with E-state index in [4.69, 9.17) is 16.7 Å². The molecule has 0 saturated heterocycles. The first-order valence-electron chi connectivity index (χ1n) is 5.62. The Kier molecular flexibility index (Phi) is 3.89. The third-order valence-corrected chi connectivity index (χ3v) is 5.92. The van der Waals surface area contributed by atoms with Gasteiger partial charge in [-0.05, 0) is 18.2 Å². The van der Waals surface area contributed by atoms with Crippen LogP contribution in [0.2, 0.25) is 5.02 Å². The van der Waals surface area contributed by atoms with Crippen LogP contribution in [0.1, 0.15) is 4.88 Å². The minimum atomic E-state index is -0.814. The van der Waals surface area contributed by atoms with E-state index >= 15 is 0 Å². The molecular formula is C13H8ClNO2S3. The summed E-state index contributed by atoms with van der Waals surface area (Å²) in [6, 6.07) is 5.66. The molecule has 0 aromatic carbocycles. The summed E-state index contributed by atoms with van der Waals surface area (Å²) in [6.45, 7) is 0. The number of aliphatic carboxylic acids is 1. The standard InChI is InChI=1S/C13H8ClNO2S3/c14-7-3-11(18-5-7)13-15-9(6-19-13)10-2-1-8(20-10)4-12(16)17/h1-3,5-6H,4H2,(H,16,17). The lowest BCUT2D eigenvalue weighted by molar-refractivity contribution is -0.136. The summed E-state index contributed by atoms with van der Waals surface area (Å²) in [6.07, 6.45) is 0.0577. The SMILES string of the molecule is O=C(O)Cc1ccc(-c2csc(-c3cc(Cl)cs3)n2)s1. The summed E-state index contributed by atoms with van der Waals surface area (Å²) in [7, 11) is 0. The van der Waals surface area contributed by atoms with Crippen LogP contribution in [-0.2, 0) is 11.2 Å². The molecule has 3 heterocycles. The number of carbonyl (C=O) groups is 1. The van der Waals surface area contributed by atoms with Crippen molar-refractivity contribution in [3.8, 4) is 20.5 Å². The summed E-state index contributed by atoms with van der Waals surface area (Å²) in [5, 5.41) is 14.3. The van der Waals surface area contributed by atoms with Crippen LogP contribution in [-0.4, -0.2) is 16.1 Å². The number of halogens is 1. The number of rotatable bonds is 4. The summed E-state index contributed by atoms with van der Waals surface area (Å²) >= 11 is 10.5. The molecule has 0 aliphatic carbocycles. The summed E-state index contributed by atoms with van der Waals surface area (Å²) in [4.78, 5) is 18.2. The third-order valence-electron chi connectivity index (χ3n) is 2.52. The van der Waals surface area contributed by atoms with Crippen LogP contribution < -0.4 is 0 Å². The lowest BCUT2D eigenvalue weighted by Crippen LogP contribution is -1.96. The molecule has 0 radical (unpaired) electrons. The number of hydrogen-bond acceptors (Lipinski definition) is 5. The van der Waals surface area contributed by atoms with Gasteiger partial charge in [0.1, 0.15) is 5.01 Å². The third kappa shape index (κ3) is 2.93. The van der Waals surface area contributed by atoms with Crippen LogP contribution in [0.3, 0.4) is 0 Å². The fourth-order valence-electron chi connectivity index (χ4n) is 1.68. The molecule has 0 saturated carbocycles. The van der Waals surface area contributed by atoms with Gasteiger partial charge in [-0.25, -0.2) is 4.98 Å². The van der Waals surface area contributed by atoms with Gasteiger partial charge in [0.2, 0.25) is 0 Å². The van der Waals surface area contributed by atoms with Gasteiger partial charge >= 0.3 is 5.97 Å². The quantitative estimate of drug-likeness (QED) is 0.735. The number of carboxylic acid groups (broad SMARTS) is 1. The van der Waals surface area contributed by atoms with Gasteiger partial charge in [0.15, 0.2) is 0 Å². The van der Waals surface area contributed by atoms with Crippen molar-refractivity contribution in [3.05, 3.63) is 38.9 Å². The van der Waals surface area contributed by atoms with Gasteiger partial charge in [-0.1, -0.05) is 11.6 Å². The minimum absolute atomic E-state index is 0.0577. The van der Waals surface area contributed by atoms with E-state index in [-0.39, 0.29) is 6.42 Å². The van der Waals surface area contributed by atoms with Crippen LogP contribution in [0.4, 0.5) is 0 Å². The van der Waals surface area contributed by atoms with Crippen LogP contribution >= 0.6 is 45.6 Å². The summed E-state index contributed by atoms with van der Waals surface area (Å²) in [5.41, 5.74) is 0.885. The second-order valence-corrected chi connectivity index (χ2v) is 7.38. The number of thiophene rings is 2. The van der Waals surface area contributed by atoms with Crippen LogP contribution in [0.15, 0.2) is 29.0 Å². The highest BCUT2D eigenvalue weighted by atomic mass is 35.5. The van der Waals surface area contributed by atoms with E-state index in [1.807, 2.05) is 29.0 Å². The first-order valence-corrected chi connectivity index (χ1v) is 8.58. The lowest BCUT2D eigenvalue weighted by Gasteiger charge is -1.90. The zero-order valence-electron chi connectivity index (χ0n) is 10.00. The Morgan fingerprint density at radius 3 is 2.80 bits per heavy atom. The van der Waals surface area contributed by atoms with Crippen molar-refractivity contribution in [2.24, 2.45) is 0 Å². The molecule has 3 aromatic rings. The topological polar surface area (TPSA) is 50.2 Å². The molecule has 0 atom stereocenters. The normalized spacial score (nSPS) is 10.8. The number of thiazole rings is 1. The Balaban J connectivity index is 1.86. The zero-order chi connectivity index (χ0) is 14.1. The van der Waals surface area contributed by atoms with Gasteiger partial charge < -0.3 is 5.11 Å². The van der Waals surface area contributed by atoms with Gasteiger partial charge in [0.25, 0.3) is 0 Å². The molecule has 0 fully saturated rings. The molecule has 0 spiro atoms. The van der Waals surface area contributed by atoms with Gasteiger partial charge in [0, 0.05) is 15.6 Å². The monoisotopic (exact) mass is 341 g/mol. The van der Waals surface area contributed by atoms with Gasteiger partial charge in [-0.2, -0.15) is 0 Å². The van der Waals surface area contributed by atoms with Crippen molar-refractivity contribution in [1.29, 1.82) is 0 Å². The largest absolute Gasteiger partial charge is 0.481 e. The molecular weight excluding hydrogens is 334 g/mol. The molecule has 0 amide bonds. The lowest BCUT2D eigenvalue weighted by atomic mass is 10.3. The maximum atomic E-state index is 10.7. The fourth-order valence-corrected chi connectivity index (χ4v) is 4.69. The van der Waals surface area contributed by atoms with E-state index in [1.165, 1.54) is 11.3 Å².